The predicted molar refractivity (Wildman–Crippen MR) is 134 cm³/mol. The van der Waals surface area contributed by atoms with E-state index in [-0.39, 0.29) is 6.10 Å². The van der Waals surface area contributed by atoms with Gasteiger partial charge in [-0.1, -0.05) is 85.0 Å². The maximum Gasteiger partial charge on any atom is 0.119 e. The van der Waals surface area contributed by atoms with Crippen LogP contribution in [0.2, 0.25) is 0 Å². The van der Waals surface area contributed by atoms with Crippen LogP contribution in [0.25, 0.3) is 0 Å². The highest BCUT2D eigenvalue weighted by molar-refractivity contribution is 5.31. The molecule has 0 N–H and O–H groups in total. The molecule has 2 heteroatoms. The van der Waals surface area contributed by atoms with Crippen molar-refractivity contribution in [1.29, 1.82) is 0 Å². The lowest BCUT2D eigenvalue weighted by atomic mass is 9.77. The van der Waals surface area contributed by atoms with Gasteiger partial charge in [0.05, 0.1) is 12.7 Å². The van der Waals surface area contributed by atoms with Crippen LogP contribution in [-0.4, -0.2) is 12.7 Å². The minimum atomic E-state index is 0.286. The monoisotopic (exact) mass is 430 g/mol. The Morgan fingerprint density at radius 2 is 1.42 bits per heavy atom. The van der Waals surface area contributed by atoms with E-state index in [2.05, 4.69) is 52.0 Å². The molecule has 2 unspecified atom stereocenters. The van der Waals surface area contributed by atoms with E-state index in [4.69, 9.17) is 9.47 Å². The fourth-order valence-electron chi connectivity index (χ4n) is 4.86. The molecule has 1 saturated carbocycles. The highest BCUT2D eigenvalue weighted by atomic mass is 16.5. The molecule has 1 fully saturated rings. The molecule has 0 amide bonds. The minimum Gasteiger partial charge on any atom is -0.494 e. The van der Waals surface area contributed by atoms with Gasteiger partial charge in [0, 0.05) is 0 Å². The third kappa shape index (κ3) is 11.3. The van der Waals surface area contributed by atoms with Crippen molar-refractivity contribution in [3.8, 4) is 11.5 Å². The topological polar surface area (TPSA) is 18.5 Å². The molecule has 0 heterocycles. The minimum absolute atomic E-state index is 0.286. The van der Waals surface area contributed by atoms with Crippen LogP contribution in [-0.2, 0) is 0 Å². The molecule has 0 aromatic heterocycles. The number of hydrogen-bond acceptors (Lipinski definition) is 2. The van der Waals surface area contributed by atoms with Gasteiger partial charge in [0.15, 0.2) is 0 Å². The average Bonchev–Trinajstić information content (AvgIpc) is 2.80. The largest absolute Gasteiger partial charge is 0.494 e. The van der Waals surface area contributed by atoms with Crippen LogP contribution < -0.4 is 9.47 Å². The number of rotatable bonds is 16. The molecule has 1 aromatic rings. The molecule has 0 radical (unpaired) electrons. The van der Waals surface area contributed by atoms with Crippen LogP contribution in [0, 0.1) is 17.8 Å². The van der Waals surface area contributed by atoms with Crippen LogP contribution in [0.1, 0.15) is 118 Å². The first kappa shape index (κ1) is 26.1. The molecular weight excluding hydrogens is 380 g/mol. The van der Waals surface area contributed by atoms with E-state index in [1.54, 1.807) is 0 Å². The Morgan fingerprint density at radius 3 is 2.06 bits per heavy atom. The standard InChI is InChI=1S/C29H50O2/c1-5-7-8-9-11-25(4)31-29-21-19-28(20-22-29)30-23-10-12-26-15-17-27(18-16-26)14-13-24(3)6-2/h19-22,24-27H,5-18,23H2,1-4H3. The van der Waals surface area contributed by atoms with Crippen molar-refractivity contribution in [2.45, 2.75) is 124 Å². The maximum absolute atomic E-state index is 6.04. The van der Waals surface area contributed by atoms with Crippen LogP contribution in [0.4, 0.5) is 0 Å². The molecule has 1 aliphatic carbocycles. The molecule has 1 aliphatic rings. The van der Waals surface area contributed by atoms with Gasteiger partial charge in [-0.2, -0.15) is 0 Å². The molecule has 1 aromatic carbocycles. The molecule has 0 saturated heterocycles. The smallest absolute Gasteiger partial charge is 0.119 e. The first-order valence-electron chi connectivity index (χ1n) is 13.5. The molecule has 2 nitrogen and oxygen atoms in total. The van der Waals surface area contributed by atoms with Gasteiger partial charge in [-0.3, -0.25) is 0 Å². The summed E-state index contributed by atoms with van der Waals surface area (Å²) in [7, 11) is 0. The molecule has 0 spiro atoms. The Kier molecular flexibility index (Phi) is 13.1. The van der Waals surface area contributed by atoms with E-state index in [9.17, 15) is 0 Å². The Hall–Kier alpha value is -1.18. The van der Waals surface area contributed by atoms with Crippen LogP contribution >= 0.6 is 0 Å². The van der Waals surface area contributed by atoms with Crippen molar-refractivity contribution >= 4 is 0 Å². The zero-order chi connectivity index (χ0) is 22.3. The second kappa shape index (κ2) is 15.6. The summed E-state index contributed by atoms with van der Waals surface area (Å²) < 4.78 is 12.0. The van der Waals surface area contributed by atoms with E-state index in [0.717, 1.165) is 42.3 Å². The van der Waals surface area contributed by atoms with Crippen LogP contribution in [0.5, 0.6) is 11.5 Å². The Labute approximate surface area is 193 Å². The summed E-state index contributed by atoms with van der Waals surface area (Å²) in [5.41, 5.74) is 0. The normalized spacial score (nSPS) is 20.9. The fourth-order valence-corrected chi connectivity index (χ4v) is 4.86. The maximum atomic E-state index is 6.04. The quantitative estimate of drug-likeness (QED) is 0.243. The molecular formula is C29H50O2. The zero-order valence-corrected chi connectivity index (χ0v) is 21.0. The van der Waals surface area contributed by atoms with Crippen molar-refractivity contribution < 1.29 is 9.47 Å². The van der Waals surface area contributed by atoms with Crippen LogP contribution in [0.15, 0.2) is 24.3 Å². The summed E-state index contributed by atoms with van der Waals surface area (Å²) in [6.45, 7) is 9.99. The van der Waals surface area contributed by atoms with E-state index in [1.807, 2.05) is 0 Å². The molecule has 0 aliphatic heterocycles. The van der Waals surface area contributed by atoms with Crippen LogP contribution in [0.3, 0.4) is 0 Å². The van der Waals surface area contributed by atoms with Gasteiger partial charge in [0.1, 0.15) is 11.5 Å². The van der Waals surface area contributed by atoms with E-state index in [1.165, 1.54) is 83.5 Å². The molecule has 0 bridgehead atoms. The molecule has 178 valence electrons. The Balaban J connectivity index is 1.54. The lowest BCUT2D eigenvalue weighted by molar-refractivity contribution is 0.205. The van der Waals surface area contributed by atoms with E-state index >= 15 is 0 Å². The van der Waals surface area contributed by atoms with Gasteiger partial charge in [0.2, 0.25) is 0 Å². The van der Waals surface area contributed by atoms with Crippen molar-refractivity contribution in [3.05, 3.63) is 24.3 Å². The SMILES string of the molecule is CCCCCCC(C)Oc1ccc(OCCCC2CCC(CCC(C)CC)CC2)cc1. The summed E-state index contributed by atoms with van der Waals surface area (Å²) in [6, 6.07) is 8.22. The van der Waals surface area contributed by atoms with Gasteiger partial charge >= 0.3 is 0 Å². The lowest BCUT2D eigenvalue weighted by Crippen LogP contribution is -2.16. The Bertz CT molecular complexity index is 544. The molecule has 31 heavy (non-hydrogen) atoms. The van der Waals surface area contributed by atoms with E-state index < -0.39 is 0 Å². The average molecular weight is 431 g/mol. The highest BCUT2D eigenvalue weighted by Crippen LogP contribution is 2.34. The van der Waals surface area contributed by atoms with Crippen molar-refractivity contribution in [1.82, 2.24) is 0 Å². The van der Waals surface area contributed by atoms with Gasteiger partial charge in [0.25, 0.3) is 0 Å². The summed E-state index contributed by atoms with van der Waals surface area (Å²) in [6.07, 6.45) is 19.1. The van der Waals surface area contributed by atoms with Crippen molar-refractivity contribution in [2.24, 2.45) is 17.8 Å². The number of benzene rings is 1. The molecule has 2 atom stereocenters. The van der Waals surface area contributed by atoms with E-state index in [0.29, 0.717) is 0 Å². The number of ether oxygens (including phenoxy) is 2. The first-order chi connectivity index (χ1) is 15.1. The second-order valence-corrected chi connectivity index (χ2v) is 10.2. The fraction of sp³-hybridized carbons (Fsp3) is 0.793. The van der Waals surface area contributed by atoms with Gasteiger partial charge in [-0.25, -0.2) is 0 Å². The lowest BCUT2D eigenvalue weighted by Gasteiger charge is -2.29. The Morgan fingerprint density at radius 1 is 0.774 bits per heavy atom. The predicted octanol–water partition coefficient (Wildman–Crippen LogP) is 9.22. The zero-order valence-electron chi connectivity index (χ0n) is 21.0. The third-order valence-corrected chi connectivity index (χ3v) is 7.38. The van der Waals surface area contributed by atoms with Gasteiger partial charge < -0.3 is 9.47 Å². The van der Waals surface area contributed by atoms with Gasteiger partial charge in [-0.05, 0) is 74.6 Å². The third-order valence-electron chi connectivity index (χ3n) is 7.38. The number of hydrogen-bond donors (Lipinski definition) is 0. The second-order valence-electron chi connectivity index (χ2n) is 10.2. The van der Waals surface area contributed by atoms with Gasteiger partial charge in [-0.15, -0.1) is 0 Å². The van der Waals surface area contributed by atoms with Crippen molar-refractivity contribution in [3.63, 3.8) is 0 Å². The number of unbranched alkanes of at least 4 members (excludes halogenated alkanes) is 3. The summed E-state index contributed by atoms with van der Waals surface area (Å²) >= 11 is 0. The summed E-state index contributed by atoms with van der Waals surface area (Å²) in [5.74, 6) is 4.77. The molecule has 2 rings (SSSR count). The highest BCUT2D eigenvalue weighted by Gasteiger charge is 2.21. The summed E-state index contributed by atoms with van der Waals surface area (Å²) in [5, 5.41) is 0. The van der Waals surface area contributed by atoms with Crippen molar-refractivity contribution in [2.75, 3.05) is 6.61 Å². The summed E-state index contributed by atoms with van der Waals surface area (Å²) in [4.78, 5) is 0. The first-order valence-corrected chi connectivity index (χ1v) is 13.5.